The van der Waals surface area contributed by atoms with Gasteiger partial charge >= 0.3 is 0 Å². The van der Waals surface area contributed by atoms with E-state index >= 15 is 0 Å². The molecule has 272 valence electrons. The number of aromatic nitrogens is 1. The molecule has 0 N–H and O–H groups in total. The van der Waals surface area contributed by atoms with Gasteiger partial charge in [0, 0.05) is 28.0 Å². The lowest BCUT2D eigenvalue weighted by molar-refractivity contribution is 0.564. The van der Waals surface area contributed by atoms with Gasteiger partial charge in [0.2, 0.25) is 0 Å². The van der Waals surface area contributed by atoms with Crippen molar-refractivity contribution < 1.29 is 0 Å². The molecule has 4 aliphatic rings. The fraction of sp³-hybridized carbons (Fsp3) is 0.161. The minimum absolute atomic E-state index is 0.0412. The maximum Gasteiger partial charge on any atom is 0.0702 e. The maximum atomic E-state index is 4.72. The molecule has 0 bridgehead atoms. The van der Waals surface area contributed by atoms with Gasteiger partial charge < -0.3 is 0 Å². The highest BCUT2D eigenvalue weighted by Gasteiger charge is 2.48. The van der Waals surface area contributed by atoms with Gasteiger partial charge in [-0.1, -0.05) is 143 Å². The summed E-state index contributed by atoms with van der Waals surface area (Å²) in [4.78, 5) is 4.72. The molecule has 0 atom stereocenters. The Hall–Kier alpha value is -6.31. The van der Waals surface area contributed by atoms with E-state index < -0.39 is 0 Å². The van der Waals surface area contributed by atoms with Crippen LogP contribution < -0.4 is 0 Å². The molecule has 4 aliphatic carbocycles. The van der Waals surface area contributed by atoms with E-state index in [9.17, 15) is 0 Å². The van der Waals surface area contributed by atoms with Crippen LogP contribution in [0.2, 0.25) is 0 Å². The fourth-order valence-corrected chi connectivity index (χ4v) is 11.4. The Morgan fingerprint density at radius 2 is 0.772 bits per heavy atom. The normalized spacial score (nSPS) is 16.4. The molecule has 57 heavy (non-hydrogen) atoms. The summed E-state index contributed by atoms with van der Waals surface area (Å²) in [5.41, 5.74) is 26.8. The number of nitrogens with zero attached hydrogens (tertiary/aromatic N) is 1. The molecule has 0 radical (unpaired) electrons. The van der Waals surface area contributed by atoms with Crippen molar-refractivity contribution in [2.24, 2.45) is 0 Å². The molecular weight excluding hydrogens is 687 g/mol. The quantitative estimate of drug-likeness (QED) is 0.176. The van der Waals surface area contributed by atoms with Crippen molar-refractivity contribution in [1.29, 1.82) is 0 Å². The van der Waals surface area contributed by atoms with Gasteiger partial charge in [-0.3, -0.25) is 4.98 Å². The minimum atomic E-state index is -0.166. The Labute approximate surface area is 335 Å². The third-order valence-corrected chi connectivity index (χ3v) is 14.3. The van der Waals surface area contributed by atoms with Gasteiger partial charge in [0.1, 0.15) is 0 Å². The van der Waals surface area contributed by atoms with E-state index in [4.69, 9.17) is 4.98 Å². The SMILES string of the molecule is CC1(C)c2ccccc2-c2ccc(-c3ccc4c(c3)C3(Cc5ccc(-c6ccccn6)cc5C3)c3cc(-c5ccc6c(c5)C(C)(C)c5ccccc5-6)ccc3-4)cc21. The molecule has 1 nitrogen and oxygen atoms in total. The van der Waals surface area contributed by atoms with Crippen LogP contribution in [0.3, 0.4) is 0 Å². The van der Waals surface area contributed by atoms with E-state index in [2.05, 4.69) is 179 Å². The van der Waals surface area contributed by atoms with Gasteiger partial charge in [-0.25, -0.2) is 0 Å². The zero-order valence-electron chi connectivity index (χ0n) is 32.9. The van der Waals surface area contributed by atoms with Crippen LogP contribution in [-0.2, 0) is 29.1 Å². The largest absolute Gasteiger partial charge is 0.256 e. The van der Waals surface area contributed by atoms with Gasteiger partial charge in [0.15, 0.2) is 0 Å². The lowest BCUT2D eigenvalue weighted by Gasteiger charge is -2.28. The third kappa shape index (κ3) is 4.49. The highest BCUT2D eigenvalue weighted by molar-refractivity contribution is 5.90. The number of rotatable bonds is 3. The second-order valence-corrected chi connectivity index (χ2v) is 18.0. The van der Waals surface area contributed by atoms with Gasteiger partial charge in [-0.15, -0.1) is 0 Å². The number of fused-ring (bicyclic) bond motifs is 12. The monoisotopic (exact) mass is 729 g/mol. The van der Waals surface area contributed by atoms with Crippen LogP contribution in [0.5, 0.6) is 0 Å². The van der Waals surface area contributed by atoms with E-state index in [1.807, 2.05) is 12.3 Å². The zero-order valence-corrected chi connectivity index (χ0v) is 32.9. The topological polar surface area (TPSA) is 12.9 Å². The predicted molar refractivity (Wildman–Crippen MR) is 236 cm³/mol. The summed E-state index contributed by atoms with van der Waals surface area (Å²) in [6, 6.07) is 60.2. The van der Waals surface area contributed by atoms with Crippen LogP contribution in [0, 0.1) is 0 Å². The van der Waals surface area contributed by atoms with Crippen molar-refractivity contribution in [1.82, 2.24) is 4.98 Å². The van der Waals surface area contributed by atoms with Crippen molar-refractivity contribution in [3.8, 4) is 66.9 Å². The first-order chi connectivity index (χ1) is 27.7. The highest BCUT2D eigenvalue weighted by atomic mass is 14.7. The molecule has 0 saturated heterocycles. The molecule has 0 amide bonds. The predicted octanol–water partition coefficient (Wildman–Crippen LogP) is 13.8. The molecule has 1 aromatic heterocycles. The second-order valence-electron chi connectivity index (χ2n) is 18.0. The van der Waals surface area contributed by atoms with Crippen molar-refractivity contribution >= 4 is 0 Å². The first-order valence-corrected chi connectivity index (χ1v) is 20.5. The van der Waals surface area contributed by atoms with Crippen LogP contribution in [-0.4, -0.2) is 4.98 Å². The Morgan fingerprint density at radius 3 is 1.28 bits per heavy atom. The molecule has 0 saturated carbocycles. The molecule has 1 spiro atoms. The molecule has 8 aromatic rings. The smallest absolute Gasteiger partial charge is 0.0702 e. The molecule has 0 unspecified atom stereocenters. The van der Waals surface area contributed by atoms with Crippen LogP contribution >= 0.6 is 0 Å². The first-order valence-electron chi connectivity index (χ1n) is 20.5. The minimum Gasteiger partial charge on any atom is -0.256 e. The summed E-state index contributed by atoms with van der Waals surface area (Å²) < 4.78 is 0. The summed E-state index contributed by atoms with van der Waals surface area (Å²) >= 11 is 0. The first kappa shape index (κ1) is 32.9. The standard InChI is InChI=1S/C56H43N/c1-54(2)47-13-7-5-11-41(47)43-22-18-34(28-49(43)54)36-20-24-45-46-25-21-37(35-19-23-44-42-12-6-8-14-48(42)55(3,4)50(44)29-35)31-52(46)56(51(45)30-36)32-39-17-16-38(27-40(39)33-56)53-15-9-10-26-57-53/h5-31H,32-33H2,1-4H3. The Morgan fingerprint density at radius 1 is 0.351 bits per heavy atom. The Bertz CT molecular complexity index is 2860. The third-order valence-electron chi connectivity index (χ3n) is 14.3. The van der Waals surface area contributed by atoms with Crippen LogP contribution in [0.4, 0.5) is 0 Å². The van der Waals surface area contributed by atoms with Crippen LogP contribution in [0.1, 0.15) is 72.2 Å². The summed E-state index contributed by atoms with van der Waals surface area (Å²) in [5, 5.41) is 0. The van der Waals surface area contributed by atoms with Crippen molar-refractivity contribution in [2.75, 3.05) is 0 Å². The zero-order chi connectivity index (χ0) is 38.3. The number of hydrogen-bond donors (Lipinski definition) is 0. The summed E-state index contributed by atoms with van der Waals surface area (Å²) in [6.07, 6.45) is 3.85. The van der Waals surface area contributed by atoms with Crippen molar-refractivity contribution in [3.05, 3.63) is 208 Å². The molecule has 12 rings (SSSR count). The molecule has 1 heteroatoms. The number of benzene rings is 7. The van der Waals surface area contributed by atoms with Gasteiger partial charge in [-0.2, -0.15) is 0 Å². The van der Waals surface area contributed by atoms with Crippen molar-refractivity contribution in [2.45, 2.75) is 56.8 Å². The van der Waals surface area contributed by atoms with Crippen molar-refractivity contribution in [3.63, 3.8) is 0 Å². The van der Waals surface area contributed by atoms with E-state index in [1.165, 1.54) is 106 Å². The highest BCUT2D eigenvalue weighted by Crippen LogP contribution is 2.58. The average molecular weight is 730 g/mol. The van der Waals surface area contributed by atoms with Crippen LogP contribution in [0.15, 0.2) is 164 Å². The summed E-state index contributed by atoms with van der Waals surface area (Å²) in [7, 11) is 0. The maximum absolute atomic E-state index is 4.72. The number of pyridine rings is 1. The Kier molecular flexibility index (Phi) is 6.57. The fourth-order valence-electron chi connectivity index (χ4n) is 11.4. The molecular formula is C56H43N. The average Bonchev–Trinajstić information content (AvgIpc) is 3.91. The van der Waals surface area contributed by atoms with Crippen LogP contribution in [0.25, 0.3) is 66.9 Å². The molecule has 7 aromatic carbocycles. The lowest BCUT2D eigenvalue weighted by atomic mass is 9.74. The van der Waals surface area contributed by atoms with Gasteiger partial charge in [0.25, 0.3) is 0 Å². The van der Waals surface area contributed by atoms with E-state index in [0.29, 0.717) is 0 Å². The van der Waals surface area contributed by atoms with E-state index in [0.717, 1.165) is 18.5 Å². The van der Waals surface area contributed by atoms with Gasteiger partial charge in [-0.05, 0) is 155 Å². The second kappa shape index (κ2) is 11.4. The molecule has 1 heterocycles. The molecule has 0 fully saturated rings. The van der Waals surface area contributed by atoms with E-state index in [1.54, 1.807) is 0 Å². The lowest BCUT2D eigenvalue weighted by Crippen LogP contribution is -2.26. The summed E-state index contributed by atoms with van der Waals surface area (Å²) in [5.74, 6) is 0. The number of hydrogen-bond acceptors (Lipinski definition) is 1. The van der Waals surface area contributed by atoms with E-state index in [-0.39, 0.29) is 16.2 Å². The molecule has 0 aliphatic heterocycles. The summed E-state index contributed by atoms with van der Waals surface area (Å²) in [6.45, 7) is 9.51. The Balaban J connectivity index is 1.00. The van der Waals surface area contributed by atoms with Gasteiger partial charge in [0.05, 0.1) is 5.69 Å².